The third-order valence-corrected chi connectivity index (χ3v) is 3.63. The maximum Gasteiger partial charge on any atom is 0.253 e. The Bertz CT molecular complexity index is 508. The molecule has 1 fully saturated rings. The first kappa shape index (κ1) is 16.3. The van der Waals surface area contributed by atoms with Crippen molar-refractivity contribution in [3.63, 3.8) is 0 Å². The predicted octanol–water partition coefficient (Wildman–Crippen LogP) is 2.68. The zero-order valence-electron chi connectivity index (χ0n) is 12.3. The molecule has 0 unspecified atom stereocenters. The summed E-state index contributed by atoms with van der Waals surface area (Å²) in [5, 5.41) is 2.87. The van der Waals surface area contributed by atoms with E-state index in [1.54, 1.807) is 6.07 Å². The largest absolute Gasteiger partial charge is 0.491 e. The second-order valence-corrected chi connectivity index (χ2v) is 6.31. The van der Waals surface area contributed by atoms with Crippen LogP contribution < -0.4 is 15.8 Å². The molecule has 6 heteroatoms. The zero-order valence-corrected chi connectivity index (χ0v) is 13.9. The lowest BCUT2D eigenvalue weighted by molar-refractivity contribution is -0.126. The number of nitrogens with one attached hydrogen (secondary N) is 1. The molecule has 0 radical (unpaired) electrons. The van der Waals surface area contributed by atoms with E-state index in [9.17, 15) is 4.79 Å². The first-order valence-electron chi connectivity index (χ1n) is 7.11. The van der Waals surface area contributed by atoms with E-state index in [0.717, 1.165) is 10.9 Å². The van der Waals surface area contributed by atoms with Gasteiger partial charge in [0.15, 0.2) is 0 Å². The SMILES string of the molecule is CC(C)Oc1cc(Br)cc(NC(=O)[C@@H]2CC[C@H](CN)O2)c1. The van der Waals surface area contributed by atoms with E-state index < -0.39 is 6.10 Å². The first-order chi connectivity index (χ1) is 9.97. The second-order valence-electron chi connectivity index (χ2n) is 5.39. The van der Waals surface area contributed by atoms with E-state index in [-0.39, 0.29) is 18.1 Å². The molecule has 0 spiro atoms. The number of halogens is 1. The van der Waals surface area contributed by atoms with E-state index in [1.807, 2.05) is 26.0 Å². The van der Waals surface area contributed by atoms with Crippen LogP contribution in [0.2, 0.25) is 0 Å². The molecule has 1 saturated heterocycles. The van der Waals surface area contributed by atoms with E-state index in [0.29, 0.717) is 24.4 Å². The van der Waals surface area contributed by atoms with Crippen LogP contribution in [0.25, 0.3) is 0 Å². The Morgan fingerprint density at radius 2 is 2.24 bits per heavy atom. The predicted molar refractivity (Wildman–Crippen MR) is 85.5 cm³/mol. The molecule has 3 N–H and O–H groups in total. The van der Waals surface area contributed by atoms with Crippen LogP contribution in [0.5, 0.6) is 5.75 Å². The number of benzene rings is 1. The minimum absolute atomic E-state index is 0.0110. The first-order valence-corrected chi connectivity index (χ1v) is 7.91. The molecule has 1 aromatic rings. The van der Waals surface area contributed by atoms with Gasteiger partial charge in [-0.25, -0.2) is 0 Å². The molecule has 2 rings (SSSR count). The standard InChI is InChI=1S/C15H21BrN2O3/c1-9(2)20-13-6-10(16)5-11(7-13)18-15(19)14-4-3-12(8-17)21-14/h5-7,9,12,14H,3-4,8,17H2,1-2H3,(H,18,19)/t12-,14+/m1/s1. The molecule has 2 atom stereocenters. The van der Waals surface area contributed by atoms with Crippen LogP contribution in [0.4, 0.5) is 5.69 Å². The number of hydrogen-bond acceptors (Lipinski definition) is 4. The van der Waals surface area contributed by atoms with Crippen molar-refractivity contribution in [2.75, 3.05) is 11.9 Å². The summed E-state index contributed by atoms with van der Waals surface area (Å²) in [7, 11) is 0. The Hall–Kier alpha value is -1.11. The van der Waals surface area contributed by atoms with Gasteiger partial charge in [-0.05, 0) is 38.8 Å². The van der Waals surface area contributed by atoms with E-state index in [1.165, 1.54) is 0 Å². The maximum absolute atomic E-state index is 12.2. The monoisotopic (exact) mass is 356 g/mol. The van der Waals surface area contributed by atoms with Gasteiger partial charge in [-0.15, -0.1) is 0 Å². The van der Waals surface area contributed by atoms with Crippen molar-refractivity contribution in [2.45, 2.75) is 45.0 Å². The molecule has 1 aliphatic rings. The summed E-state index contributed by atoms with van der Waals surface area (Å²) in [5.74, 6) is 0.571. The van der Waals surface area contributed by atoms with Crippen LogP contribution >= 0.6 is 15.9 Å². The summed E-state index contributed by atoms with van der Waals surface area (Å²) in [6, 6.07) is 5.50. The summed E-state index contributed by atoms with van der Waals surface area (Å²) < 4.78 is 12.1. The van der Waals surface area contributed by atoms with Crippen molar-refractivity contribution in [2.24, 2.45) is 5.73 Å². The molecule has 116 valence electrons. The van der Waals surface area contributed by atoms with Crippen LogP contribution in [0, 0.1) is 0 Å². The highest BCUT2D eigenvalue weighted by atomic mass is 79.9. The fraction of sp³-hybridized carbons (Fsp3) is 0.533. The van der Waals surface area contributed by atoms with Crippen molar-refractivity contribution in [1.82, 2.24) is 0 Å². The Morgan fingerprint density at radius 3 is 2.86 bits per heavy atom. The highest BCUT2D eigenvalue weighted by Gasteiger charge is 2.29. The van der Waals surface area contributed by atoms with E-state index in [4.69, 9.17) is 15.2 Å². The Labute approximate surface area is 133 Å². The minimum Gasteiger partial charge on any atom is -0.491 e. The van der Waals surface area contributed by atoms with Crippen LogP contribution in [0.15, 0.2) is 22.7 Å². The quantitative estimate of drug-likeness (QED) is 0.850. The normalized spacial score (nSPS) is 21.6. The fourth-order valence-corrected chi connectivity index (χ4v) is 2.74. The molecule has 21 heavy (non-hydrogen) atoms. The van der Waals surface area contributed by atoms with Gasteiger partial charge >= 0.3 is 0 Å². The Balaban J connectivity index is 2.02. The molecule has 0 aliphatic carbocycles. The van der Waals surface area contributed by atoms with Gasteiger partial charge in [0.1, 0.15) is 11.9 Å². The number of nitrogens with two attached hydrogens (primary N) is 1. The molecule has 1 amide bonds. The van der Waals surface area contributed by atoms with Crippen molar-refractivity contribution in [3.8, 4) is 5.75 Å². The van der Waals surface area contributed by atoms with Gasteiger partial charge in [0.05, 0.1) is 12.2 Å². The summed E-state index contributed by atoms with van der Waals surface area (Å²) in [4.78, 5) is 12.2. The number of anilines is 1. The van der Waals surface area contributed by atoms with Gasteiger partial charge in [0, 0.05) is 22.8 Å². The van der Waals surface area contributed by atoms with Gasteiger partial charge in [0.2, 0.25) is 0 Å². The molecule has 1 aliphatic heterocycles. The highest BCUT2D eigenvalue weighted by Crippen LogP contribution is 2.27. The summed E-state index contributed by atoms with van der Waals surface area (Å²) >= 11 is 3.42. The molecule has 1 heterocycles. The van der Waals surface area contributed by atoms with Crippen LogP contribution in [-0.2, 0) is 9.53 Å². The second kappa shape index (κ2) is 7.24. The topological polar surface area (TPSA) is 73.6 Å². The third kappa shape index (κ3) is 4.69. The van der Waals surface area contributed by atoms with Gasteiger partial charge in [-0.2, -0.15) is 0 Å². The lowest BCUT2D eigenvalue weighted by Gasteiger charge is -2.15. The number of carbonyl (C=O) groups is 1. The lowest BCUT2D eigenvalue weighted by atomic mass is 10.2. The third-order valence-electron chi connectivity index (χ3n) is 3.17. The summed E-state index contributed by atoms with van der Waals surface area (Å²) in [6.07, 6.45) is 1.17. The van der Waals surface area contributed by atoms with E-state index in [2.05, 4.69) is 21.2 Å². The van der Waals surface area contributed by atoms with Crippen LogP contribution in [0.3, 0.4) is 0 Å². The van der Waals surface area contributed by atoms with Gasteiger partial charge < -0.3 is 20.5 Å². The summed E-state index contributed by atoms with van der Waals surface area (Å²) in [5.41, 5.74) is 6.24. The number of hydrogen-bond donors (Lipinski definition) is 2. The van der Waals surface area contributed by atoms with Crippen molar-refractivity contribution < 1.29 is 14.3 Å². The molecular weight excluding hydrogens is 336 g/mol. The zero-order chi connectivity index (χ0) is 15.4. The lowest BCUT2D eigenvalue weighted by Crippen LogP contribution is -2.29. The number of rotatable bonds is 5. The molecular formula is C15H21BrN2O3. The van der Waals surface area contributed by atoms with Crippen LogP contribution in [0.1, 0.15) is 26.7 Å². The van der Waals surface area contributed by atoms with Crippen LogP contribution in [-0.4, -0.2) is 30.8 Å². The van der Waals surface area contributed by atoms with E-state index >= 15 is 0 Å². The van der Waals surface area contributed by atoms with Crippen molar-refractivity contribution in [3.05, 3.63) is 22.7 Å². The summed E-state index contributed by atoms with van der Waals surface area (Å²) in [6.45, 7) is 4.37. The molecule has 1 aromatic carbocycles. The average Bonchev–Trinajstić information content (AvgIpc) is 2.85. The number of amides is 1. The smallest absolute Gasteiger partial charge is 0.253 e. The van der Waals surface area contributed by atoms with Gasteiger partial charge in [-0.3, -0.25) is 4.79 Å². The molecule has 0 saturated carbocycles. The van der Waals surface area contributed by atoms with Gasteiger partial charge in [-0.1, -0.05) is 15.9 Å². The van der Waals surface area contributed by atoms with Crippen molar-refractivity contribution in [1.29, 1.82) is 0 Å². The maximum atomic E-state index is 12.2. The fourth-order valence-electron chi connectivity index (χ4n) is 2.27. The Morgan fingerprint density at radius 1 is 1.48 bits per heavy atom. The average molecular weight is 357 g/mol. The minimum atomic E-state index is -0.424. The molecule has 5 nitrogen and oxygen atoms in total. The molecule has 0 bridgehead atoms. The highest BCUT2D eigenvalue weighted by molar-refractivity contribution is 9.10. The van der Waals surface area contributed by atoms with Crippen molar-refractivity contribution >= 4 is 27.5 Å². The van der Waals surface area contributed by atoms with Gasteiger partial charge in [0.25, 0.3) is 5.91 Å². The number of carbonyl (C=O) groups excluding carboxylic acids is 1. The Kier molecular flexibility index (Phi) is 5.61. The number of ether oxygens (including phenoxy) is 2. The molecule has 0 aromatic heterocycles.